The lowest BCUT2D eigenvalue weighted by molar-refractivity contribution is -0.140. The summed E-state index contributed by atoms with van der Waals surface area (Å²) in [6.45, 7) is 1.06. The van der Waals surface area contributed by atoms with Gasteiger partial charge in [-0.2, -0.15) is 0 Å². The molecule has 70 valence electrons. The van der Waals surface area contributed by atoms with Gasteiger partial charge in [0.15, 0.2) is 5.76 Å². The van der Waals surface area contributed by atoms with Crippen LogP contribution in [0.15, 0.2) is 23.7 Å². The van der Waals surface area contributed by atoms with E-state index in [4.69, 9.17) is 14.6 Å². The molecule has 0 spiro atoms. The second-order valence-corrected chi connectivity index (χ2v) is 2.99. The monoisotopic (exact) mass is 182 g/mol. The molecule has 4 heteroatoms. The Balaban J connectivity index is 2.15. The van der Waals surface area contributed by atoms with Crippen LogP contribution < -0.4 is 0 Å². The molecule has 0 saturated carbocycles. The van der Waals surface area contributed by atoms with Gasteiger partial charge in [-0.15, -0.1) is 0 Å². The number of carboxylic acids is 1. The van der Waals surface area contributed by atoms with E-state index in [1.165, 1.54) is 0 Å². The topological polar surface area (TPSA) is 55.8 Å². The molecule has 1 heterocycles. The number of hydrogen-bond acceptors (Lipinski definition) is 3. The minimum Gasteiger partial charge on any atom is -0.490 e. The Bertz CT molecular complexity index is 290. The van der Waals surface area contributed by atoms with Crippen molar-refractivity contribution in [3.63, 3.8) is 0 Å². The van der Waals surface area contributed by atoms with E-state index in [9.17, 15) is 4.79 Å². The van der Waals surface area contributed by atoms with Gasteiger partial charge in [0, 0.05) is 6.42 Å². The summed E-state index contributed by atoms with van der Waals surface area (Å²) in [5, 5.41) is 8.76. The van der Waals surface area contributed by atoms with Crippen molar-refractivity contribution < 1.29 is 19.4 Å². The summed E-state index contributed by atoms with van der Waals surface area (Å²) in [5.74, 6) is 0.0577. The van der Waals surface area contributed by atoms with Gasteiger partial charge in [-0.05, 0) is 6.08 Å². The third-order valence-electron chi connectivity index (χ3n) is 2.09. The van der Waals surface area contributed by atoms with Gasteiger partial charge in [-0.3, -0.25) is 4.79 Å². The fourth-order valence-corrected chi connectivity index (χ4v) is 1.41. The fraction of sp³-hybridized carbons (Fsp3) is 0.444. The zero-order chi connectivity index (χ0) is 9.26. The number of aliphatic carboxylic acids is 1. The molecule has 2 aliphatic rings. The third kappa shape index (κ3) is 1.52. The number of ether oxygens (including phenoxy) is 2. The molecule has 13 heavy (non-hydrogen) atoms. The van der Waals surface area contributed by atoms with Gasteiger partial charge in [-0.1, -0.05) is 6.08 Å². The van der Waals surface area contributed by atoms with E-state index in [2.05, 4.69) is 0 Å². The maximum absolute atomic E-state index is 10.7. The van der Waals surface area contributed by atoms with Crippen LogP contribution in [0.3, 0.4) is 0 Å². The Morgan fingerprint density at radius 1 is 1.46 bits per heavy atom. The molecular weight excluding hydrogens is 172 g/mol. The number of allylic oxidation sites excluding steroid dienone is 2. The minimum atomic E-state index is -0.822. The van der Waals surface area contributed by atoms with Gasteiger partial charge in [0.2, 0.25) is 0 Å². The van der Waals surface area contributed by atoms with Crippen LogP contribution in [-0.4, -0.2) is 24.3 Å². The lowest BCUT2D eigenvalue weighted by atomic mass is 9.98. The van der Waals surface area contributed by atoms with Gasteiger partial charge in [0.05, 0.1) is 5.92 Å². The molecule has 2 rings (SSSR count). The van der Waals surface area contributed by atoms with Crippen molar-refractivity contribution >= 4 is 5.97 Å². The number of hydrogen-bond donors (Lipinski definition) is 1. The molecule has 4 nitrogen and oxygen atoms in total. The van der Waals surface area contributed by atoms with E-state index >= 15 is 0 Å². The highest BCUT2D eigenvalue weighted by atomic mass is 16.6. The largest absolute Gasteiger partial charge is 0.490 e. The second kappa shape index (κ2) is 3.12. The van der Waals surface area contributed by atoms with E-state index in [1.54, 1.807) is 12.2 Å². The van der Waals surface area contributed by atoms with Crippen molar-refractivity contribution in [1.82, 2.24) is 0 Å². The molecule has 0 aromatic carbocycles. The van der Waals surface area contributed by atoms with E-state index in [0.29, 0.717) is 31.2 Å². The molecule has 1 atom stereocenters. The van der Waals surface area contributed by atoms with Crippen molar-refractivity contribution in [3.05, 3.63) is 23.7 Å². The van der Waals surface area contributed by atoms with Crippen LogP contribution in [0.5, 0.6) is 0 Å². The summed E-state index contributed by atoms with van der Waals surface area (Å²) in [7, 11) is 0. The molecule has 1 N–H and O–H groups in total. The van der Waals surface area contributed by atoms with Gasteiger partial charge in [0.25, 0.3) is 0 Å². The van der Waals surface area contributed by atoms with Crippen molar-refractivity contribution in [1.29, 1.82) is 0 Å². The summed E-state index contributed by atoms with van der Waals surface area (Å²) in [6.07, 6.45) is 3.72. The van der Waals surface area contributed by atoms with Crippen LogP contribution in [0.1, 0.15) is 6.42 Å². The van der Waals surface area contributed by atoms with E-state index < -0.39 is 11.9 Å². The summed E-state index contributed by atoms with van der Waals surface area (Å²) >= 11 is 0. The summed E-state index contributed by atoms with van der Waals surface area (Å²) in [6, 6.07) is 0. The maximum atomic E-state index is 10.7. The van der Waals surface area contributed by atoms with E-state index in [1.807, 2.05) is 0 Å². The Labute approximate surface area is 75.5 Å². The predicted molar refractivity (Wildman–Crippen MR) is 43.8 cm³/mol. The first-order valence-corrected chi connectivity index (χ1v) is 4.17. The highest BCUT2D eigenvalue weighted by Gasteiger charge is 2.25. The molecule has 0 aromatic rings. The molecule has 0 radical (unpaired) electrons. The van der Waals surface area contributed by atoms with Crippen LogP contribution in [0.25, 0.3) is 0 Å². The van der Waals surface area contributed by atoms with Crippen LogP contribution in [0, 0.1) is 5.92 Å². The third-order valence-corrected chi connectivity index (χ3v) is 2.09. The second-order valence-electron chi connectivity index (χ2n) is 2.99. The van der Waals surface area contributed by atoms with Gasteiger partial charge in [-0.25, -0.2) is 0 Å². The van der Waals surface area contributed by atoms with Crippen LogP contribution in [-0.2, 0) is 14.3 Å². The number of carbonyl (C=O) groups is 1. The van der Waals surface area contributed by atoms with Crippen LogP contribution in [0.2, 0.25) is 0 Å². The molecule has 0 bridgehead atoms. The first-order chi connectivity index (χ1) is 6.27. The first kappa shape index (κ1) is 8.16. The van der Waals surface area contributed by atoms with Crippen molar-refractivity contribution in [2.24, 2.45) is 5.92 Å². The standard InChI is InChI=1S/C9H10O4/c10-9(11)6-1-2-7-8(5-6)13-4-3-12-7/h1-2,6H,3-5H2,(H,10,11). The smallest absolute Gasteiger partial charge is 0.310 e. The molecule has 0 aromatic heterocycles. The fourth-order valence-electron chi connectivity index (χ4n) is 1.41. The lowest BCUT2D eigenvalue weighted by Gasteiger charge is -2.24. The normalized spacial score (nSPS) is 26.0. The molecule has 0 fully saturated rings. The summed E-state index contributed by atoms with van der Waals surface area (Å²) < 4.78 is 10.6. The van der Waals surface area contributed by atoms with Crippen LogP contribution in [0.4, 0.5) is 0 Å². The predicted octanol–water partition coefficient (Wildman–Crippen LogP) is 0.905. The zero-order valence-electron chi connectivity index (χ0n) is 7.03. The molecule has 0 amide bonds. The lowest BCUT2D eigenvalue weighted by Crippen LogP contribution is -2.21. The molecule has 1 aliphatic heterocycles. The van der Waals surface area contributed by atoms with E-state index in [0.717, 1.165) is 0 Å². The highest BCUT2D eigenvalue weighted by Crippen LogP contribution is 2.27. The minimum absolute atomic E-state index is 0.404. The molecule has 0 saturated heterocycles. The van der Waals surface area contributed by atoms with Gasteiger partial charge < -0.3 is 14.6 Å². The van der Waals surface area contributed by atoms with Crippen LogP contribution >= 0.6 is 0 Å². The highest BCUT2D eigenvalue weighted by molar-refractivity contribution is 5.73. The zero-order valence-corrected chi connectivity index (χ0v) is 7.03. The molecular formula is C9H10O4. The van der Waals surface area contributed by atoms with Gasteiger partial charge >= 0.3 is 5.97 Å². The first-order valence-electron chi connectivity index (χ1n) is 4.17. The Morgan fingerprint density at radius 2 is 2.23 bits per heavy atom. The van der Waals surface area contributed by atoms with Crippen molar-refractivity contribution in [2.75, 3.05) is 13.2 Å². The van der Waals surface area contributed by atoms with E-state index in [-0.39, 0.29) is 0 Å². The van der Waals surface area contributed by atoms with Gasteiger partial charge in [0.1, 0.15) is 19.0 Å². The Kier molecular flexibility index (Phi) is 1.96. The number of carboxylic acid groups (broad SMARTS) is 1. The summed E-state index contributed by atoms with van der Waals surface area (Å²) in [5.41, 5.74) is 0. The average Bonchev–Trinajstić information content (AvgIpc) is 2.17. The quantitative estimate of drug-likeness (QED) is 0.654. The maximum Gasteiger partial charge on any atom is 0.310 e. The molecule has 1 unspecified atom stereocenters. The average molecular weight is 182 g/mol. The summed E-state index contributed by atoms with van der Waals surface area (Å²) in [4.78, 5) is 10.7. The van der Waals surface area contributed by atoms with Crippen molar-refractivity contribution in [3.8, 4) is 0 Å². The van der Waals surface area contributed by atoms with Crippen molar-refractivity contribution in [2.45, 2.75) is 6.42 Å². The Hall–Kier alpha value is -1.45. The Morgan fingerprint density at radius 3 is 3.00 bits per heavy atom. The molecule has 1 aliphatic carbocycles. The number of rotatable bonds is 1. The SMILES string of the molecule is O=C(O)C1C=CC2=C(C1)OCCO2.